The summed E-state index contributed by atoms with van der Waals surface area (Å²) in [6.45, 7) is 4.90. The lowest BCUT2D eigenvalue weighted by molar-refractivity contribution is 0.276. The number of nitrogens with one attached hydrogen (secondary N) is 1. The van der Waals surface area contributed by atoms with Gasteiger partial charge in [-0.2, -0.15) is 0 Å². The van der Waals surface area contributed by atoms with Crippen LogP contribution >= 0.6 is 15.9 Å². The number of anilines is 1. The smallest absolute Gasteiger partial charge is 0.0510 e. The van der Waals surface area contributed by atoms with E-state index in [0.717, 1.165) is 11.8 Å². The average Bonchev–Trinajstić information content (AvgIpc) is 2.90. The van der Waals surface area contributed by atoms with Crippen LogP contribution in [0.25, 0.3) is 0 Å². The molecule has 2 fully saturated rings. The van der Waals surface area contributed by atoms with Gasteiger partial charge in [0.05, 0.1) is 5.69 Å². The van der Waals surface area contributed by atoms with E-state index in [-0.39, 0.29) is 0 Å². The van der Waals surface area contributed by atoms with Gasteiger partial charge in [-0.1, -0.05) is 12.1 Å². The van der Waals surface area contributed by atoms with E-state index < -0.39 is 0 Å². The fourth-order valence-electron chi connectivity index (χ4n) is 3.41. The molecule has 1 unspecified atom stereocenters. The molecular weight excluding hydrogens is 288 g/mol. The Hall–Kier alpha value is -0.540. The van der Waals surface area contributed by atoms with Crippen LogP contribution in [0.5, 0.6) is 0 Å². The van der Waals surface area contributed by atoms with Crippen molar-refractivity contribution in [2.75, 3.05) is 31.1 Å². The van der Waals surface area contributed by atoms with Gasteiger partial charge in [-0.05, 0) is 72.3 Å². The summed E-state index contributed by atoms with van der Waals surface area (Å²) < 4.78 is 1.23. The summed E-state index contributed by atoms with van der Waals surface area (Å²) in [5.41, 5.74) is 1.37. The van der Waals surface area contributed by atoms with E-state index in [4.69, 9.17) is 0 Å². The summed E-state index contributed by atoms with van der Waals surface area (Å²) >= 11 is 3.67. The first-order valence-electron chi connectivity index (χ1n) is 7.05. The number of halogens is 1. The molecule has 2 heterocycles. The van der Waals surface area contributed by atoms with E-state index in [1.165, 1.54) is 55.6 Å². The van der Waals surface area contributed by atoms with Crippen molar-refractivity contribution in [2.24, 2.45) is 11.8 Å². The molecule has 2 aliphatic rings. The standard InChI is InChI=1S/C15H21BrN2/c16-14-3-1-2-4-15(14)18-10-7-13(11-18)12-5-8-17-9-6-12/h1-4,12-13,17H,5-11H2. The van der Waals surface area contributed by atoms with E-state index >= 15 is 0 Å². The highest BCUT2D eigenvalue weighted by atomic mass is 79.9. The lowest BCUT2D eigenvalue weighted by Crippen LogP contribution is -2.32. The van der Waals surface area contributed by atoms with Gasteiger partial charge in [-0.15, -0.1) is 0 Å². The molecule has 1 aromatic rings. The van der Waals surface area contributed by atoms with Crippen molar-refractivity contribution in [1.29, 1.82) is 0 Å². The van der Waals surface area contributed by atoms with Gasteiger partial charge in [0.1, 0.15) is 0 Å². The Morgan fingerprint density at radius 2 is 1.83 bits per heavy atom. The van der Waals surface area contributed by atoms with Crippen LogP contribution in [-0.4, -0.2) is 26.2 Å². The maximum Gasteiger partial charge on any atom is 0.0510 e. The minimum atomic E-state index is 0.902. The minimum absolute atomic E-state index is 0.902. The van der Waals surface area contributed by atoms with Crippen molar-refractivity contribution < 1.29 is 0 Å². The summed E-state index contributed by atoms with van der Waals surface area (Å²) in [7, 11) is 0. The van der Waals surface area contributed by atoms with Gasteiger partial charge in [0.2, 0.25) is 0 Å². The number of hydrogen-bond acceptors (Lipinski definition) is 2. The predicted molar refractivity (Wildman–Crippen MR) is 80.1 cm³/mol. The van der Waals surface area contributed by atoms with E-state index in [9.17, 15) is 0 Å². The summed E-state index contributed by atoms with van der Waals surface area (Å²) in [6, 6.07) is 8.61. The Balaban J connectivity index is 1.66. The topological polar surface area (TPSA) is 15.3 Å². The first-order chi connectivity index (χ1) is 8.84. The van der Waals surface area contributed by atoms with Crippen molar-refractivity contribution in [3.05, 3.63) is 28.7 Å². The third kappa shape index (κ3) is 2.57. The Kier molecular flexibility index (Phi) is 3.90. The lowest BCUT2D eigenvalue weighted by Gasteiger charge is -2.28. The molecule has 2 aliphatic heterocycles. The number of nitrogens with zero attached hydrogens (tertiary/aromatic N) is 1. The van der Waals surface area contributed by atoms with Crippen LogP contribution in [0, 0.1) is 11.8 Å². The number of hydrogen-bond donors (Lipinski definition) is 1. The SMILES string of the molecule is Brc1ccccc1N1CCC(C2CCNCC2)C1. The van der Waals surface area contributed by atoms with Gasteiger partial charge >= 0.3 is 0 Å². The highest BCUT2D eigenvalue weighted by molar-refractivity contribution is 9.10. The maximum absolute atomic E-state index is 3.67. The molecule has 0 aliphatic carbocycles. The van der Waals surface area contributed by atoms with E-state index in [2.05, 4.69) is 50.4 Å². The Morgan fingerprint density at radius 3 is 2.61 bits per heavy atom. The summed E-state index contributed by atoms with van der Waals surface area (Å²) in [5.74, 6) is 1.85. The van der Waals surface area contributed by atoms with Crippen LogP contribution in [0.4, 0.5) is 5.69 Å². The summed E-state index contributed by atoms with van der Waals surface area (Å²) in [5, 5.41) is 3.47. The van der Waals surface area contributed by atoms with Crippen molar-refractivity contribution in [3.8, 4) is 0 Å². The number of para-hydroxylation sites is 1. The first-order valence-corrected chi connectivity index (χ1v) is 7.84. The van der Waals surface area contributed by atoms with Crippen molar-refractivity contribution in [1.82, 2.24) is 5.32 Å². The van der Waals surface area contributed by atoms with E-state index in [0.29, 0.717) is 0 Å². The fraction of sp³-hybridized carbons (Fsp3) is 0.600. The zero-order valence-electron chi connectivity index (χ0n) is 10.7. The molecule has 1 aromatic carbocycles. The van der Waals surface area contributed by atoms with Crippen molar-refractivity contribution >= 4 is 21.6 Å². The molecule has 0 spiro atoms. The third-order valence-corrected chi connectivity index (χ3v) is 5.14. The Morgan fingerprint density at radius 1 is 1.06 bits per heavy atom. The molecule has 0 saturated carbocycles. The number of rotatable bonds is 2. The van der Waals surface area contributed by atoms with Gasteiger partial charge in [-0.25, -0.2) is 0 Å². The van der Waals surface area contributed by atoms with Crippen LogP contribution < -0.4 is 10.2 Å². The zero-order valence-corrected chi connectivity index (χ0v) is 12.3. The molecule has 3 rings (SSSR count). The number of piperidine rings is 1. The molecule has 0 bridgehead atoms. The summed E-state index contributed by atoms with van der Waals surface area (Å²) in [4.78, 5) is 2.55. The second-order valence-corrected chi connectivity index (χ2v) is 6.39. The van der Waals surface area contributed by atoms with E-state index in [1.807, 2.05) is 0 Å². The highest BCUT2D eigenvalue weighted by Gasteiger charge is 2.30. The molecule has 1 atom stereocenters. The molecule has 98 valence electrons. The van der Waals surface area contributed by atoms with Crippen LogP contribution in [0.1, 0.15) is 19.3 Å². The molecule has 2 saturated heterocycles. The van der Waals surface area contributed by atoms with Gasteiger partial charge in [0, 0.05) is 17.6 Å². The zero-order chi connectivity index (χ0) is 12.4. The third-order valence-electron chi connectivity index (χ3n) is 4.47. The summed E-state index contributed by atoms with van der Waals surface area (Å²) in [6.07, 6.45) is 4.11. The second kappa shape index (κ2) is 5.62. The van der Waals surface area contributed by atoms with Gasteiger partial charge in [0.25, 0.3) is 0 Å². The van der Waals surface area contributed by atoms with Gasteiger partial charge < -0.3 is 10.2 Å². The Labute approximate surface area is 118 Å². The largest absolute Gasteiger partial charge is 0.370 e. The molecular formula is C15H21BrN2. The predicted octanol–water partition coefficient (Wildman–Crippen LogP) is 3.28. The molecule has 0 aromatic heterocycles. The number of benzene rings is 1. The minimum Gasteiger partial charge on any atom is -0.370 e. The molecule has 0 radical (unpaired) electrons. The lowest BCUT2D eigenvalue weighted by atomic mass is 9.84. The second-order valence-electron chi connectivity index (χ2n) is 5.53. The van der Waals surface area contributed by atoms with Crippen LogP contribution in [0.15, 0.2) is 28.7 Å². The van der Waals surface area contributed by atoms with Crippen LogP contribution in [0.2, 0.25) is 0 Å². The van der Waals surface area contributed by atoms with Gasteiger partial charge in [0.15, 0.2) is 0 Å². The van der Waals surface area contributed by atoms with Crippen molar-refractivity contribution in [2.45, 2.75) is 19.3 Å². The molecule has 0 amide bonds. The fourth-order valence-corrected chi connectivity index (χ4v) is 3.95. The Bertz CT molecular complexity index is 401. The molecule has 2 nitrogen and oxygen atoms in total. The van der Waals surface area contributed by atoms with Crippen LogP contribution in [-0.2, 0) is 0 Å². The highest BCUT2D eigenvalue weighted by Crippen LogP contribution is 2.35. The molecule has 1 N–H and O–H groups in total. The van der Waals surface area contributed by atoms with E-state index in [1.54, 1.807) is 0 Å². The maximum atomic E-state index is 3.67. The van der Waals surface area contributed by atoms with Crippen molar-refractivity contribution in [3.63, 3.8) is 0 Å². The normalized spacial score (nSPS) is 25.6. The quantitative estimate of drug-likeness (QED) is 0.902. The van der Waals surface area contributed by atoms with Crippen LogP contribution in [0.3, 0.4) is 0 Å². The molecule has 18 heavy (non-hydrogen) atoms. The molecule has 3 heteroatoms. The first kappa shape index (κ1) is 12.5. The average molecular weight is 309 g/mol. The monoisotopic (exact) mass is 308 g/mol. The van der Waals surface area contributed by atoms with Gasteiger partial charge in [-0.3, -0.25) is 0 Å².